The molecule has 1 amide bonds. The maximum absolute atomic E-state index is 11.7. The van der Waals surface area contributed by atoms with Gasteiger partial charge < -0.3 is 21.5 Å². The van der Waals surface area contributed by atoms with Crippen LogP contribution in [-0.2, 0) is 16.1 Å². The van der Waals surface area contributed by atoms with E-state index < -0.39 is 12.1 Å². The average molecular weight is 377 g/mol. The Morgan fingerprint density at radius 2 is 2.08 bits per heavy atom. The van der Waals surface area contributed by atoms with Gasteiger partial charge in [0.1, 0.15) is 12.1 Å². The van der Waals surface area contributed by atoms with Crippen LogP contribution >= 0.6 is 11.3 Å². The highest BCUT2D eigenvalue weighted by molar-refractivity contribution is 7.19. The van der Waals surface area contributed by atoms with Crippen LogP contribution in [0.5, 0.6) is 0 Å². The lowest BCUT2D eigenvalue weighted by Gasteiger charge is -2.14. The number of nitrogens with zero attached hydrogens (tertiary/aromatic N) is 3. The Bertz CT molecular complexity index is 795. The van der Waals surface area contributed by atoms with Crippen LogP contribution in [0.3, 0.4) is 0 Å². The van der Waals surface area contributed by atoms with Gasteiger partial charge in [-0.3, -0.25) is 4.79 Å². The first-order valence-electron chi connectivity index (χ1n) is 6.93. The minimum Gasteiger partial charge on any atom is -0.475 e. The van der Waals surface area contributed by atoms with Crippen molar-refractivity contribution in [2.75, 3.05) is 12.3 Å². The number of nitrogens with two attached hydrogens (primary N) is 2. The van der Waals surface area contributed by atoms with E-state index in [1.807, 2.05) is 6.07 Å². The highest BCUT2D eigenvalue weighted by atomic mass is 32.1. The van der Waals surface area contributed by atoms with Gasteiger partial charge in [0.25, 0.3) is 0 Å². The standard InChI is InChI=1S/C11H13N5OS.C2HF3O2/c12-7-1-2-16(11(7)17)4-6-3-8-9(18-6)10(13)15-5-14-8;3-2(4,5)1(6)7/h3,5,7H,1-2,4,12H2,(H2,13,14,15);(H,6,7)/t7-;/m0./s1. The van der Waals surface area contributed by atoms with Gasteiger partial charge in [-0.25, -0.2) is 14.8 Å². The van der Waals surface area contributed by atoms with Crippen molar-refractivity contribution in [3.8, 4) is 0 Å². The van der Waals surface area contributed by atoms with E-state index in [2.05, 4.69) is 9.97 Å². The molecule has 2 aromatic heterocycles. The van der Waals surface area contributed by atoms with Crippen LogP contribution < -0.4 is 11.5 Å². The summed E-state index contributed by atoms with van der Waals surface area (Å²) in [4.78, 5) is 31.6. The van der Waals surface area contributed by atoms with Crippen LogP contribution in [0.25, 0.3) is 10.2 Å². The first-order chi connectivity index (χ1) is 11.6. The van der Waals surface area contributed by atoms with Crippen LogP contribution in [0, 0.1) is 0 Å². The lowest BCUT2D eigenvalue weighted by molar-refractivity contribution is -0.192. The largest absolute Gasteiger partial charge is 0.490 e. The summed E-state index contributed by atoms with van der Waals surface area (Å²) < 4.78 is 32.6. The third-order valence-corrected chi connectivity index (χ3v) is 4.45. The van der Waals surface area contributed by atoms with Gasteiger partial charge >= 0.3 is 12.1 Å². The molecule has 3 heterocycles. The van der Waals surface area contributed by atoms with E-state index in [1.54, 1.807) is 4.90 Å². The Morgan fingerprint density at radius 3 is 2.56 bits per heavy atom. The molecule has 12 heteroatoms. The molecule has 1 atom stereocenters. The zero-order valence-electron chi connectivity index (χ0n) is 12.7. The molecule has 0 unspecified atom stereocenters. The number of aliphatic carboxylic acids is 1. The van der Waals surface area contributed by atoms with Crippen molar-refractivity contribution in [1.82, 2.24) is 14.9 Å². The molecule has 0 radical (unpaired) electrons. The highest BCUT2D eigenvalue weighted by Crippen LogP contribution is 2.29. The lowest BCUT2D eigenvalue weighted by Crippen LogP contribution is -2.33. The molecule has 0 spiro atoms. The number of anilines is 1. The van der Waals surface area contributed by atoms with E-state index in [4.69, 9.17) is 21.4 Å². The number of nitrogen functional groups attached to an aromatic ring is 1. The van der Waals surface area contributed by atoms with E-state index in [1.165, 1.54) is 17.7 Å². The number of carboxylic acid groups (broad SMARTS) is 1. The van der Waals surface area contributed by atoms with Crippen LogP contribution in [0.15, 0.2) is 12.4 Å². The molecule has 0 saturated carbocycles. The zero-order chi connectivity index (χ0) is 18.8. The summed E-state index contributed by atoms with van der Waals surface area (Å²) >= 11 is 1.53. The minimum absolute atomic E-state index is 0.0199. The van der Waals surface area contributed by atoms with Crippen molar-refractivity contribution >= 4 is 39.2 Å². The highest BCUT2D eigenvalue weighted by Gasteiger charge is 2.38. The fraction of sp³-hybridized carbons (Fsp3) is 0.385. The maximum Gasteiger partial charge on any atom is 0.490 e. The van der Waals surface area contributed by atoms with Crippen molar-refractivity contribution < 1.29 is 27.9 Å². The number of likely N-dealkylation sites (tertiary alicyclic amines) is 1. The maximum atomic E-state index is 11.7. The van der Waals surface area contributed by atoms with Crippen LogP contribution in [-0.4, -0.2) is 50.6 Å². The molecule has 1 fully saturated rings. The summed E-state index contributed by atoms with van der Waals surface area (Å²) in [6, 6.07) is 1.61. The number of carbonyl (C=O) groups is 2. The molecule has 25 heavy (non-hydrogen) atoms. The molecule has 1 aliphatic rings. The van der Waals surface area contributed by atoms with E-state index in [0.717, 1.165) is 28.1 Å². The molecule has 3 rings (SSSR count). The quantitative estimate of drug-likeness (QED) is 0.709. The number of alkyl halides is 3. The summed E-state index contributed by atoms with van der Waals surface area (Å²) in [5.74, 6) is -2.25. The SMILES string of the molecule is Nc1ncnc2cc(CN3CC[C@H](N)C3=O)sc12.O=C(O)C(F)(F)F. The van der Waals surface area contributed by atoms with Crippen molar-refractivity contribution in [3.05, 3.63) is 17.3 Å². The second kappa shape index (κ2) is 7.19. The van der Waals surface area contributed by atoms with E-state index >= 15 is 0 Å². The number of carbonyl (C=O) groups excluding carboxylic acids is 1. The number of amides is 1. The molecular weight excluding hydrogens is 363 g/mol. The molecule has 136 valence electrons. The molecule has 0 aromatic carbocycles. The van der Waals surface area contributed by atoms with Crippen molar-refractivity contribution in [2.45, 2.75) is 25.2 Å². The van der Waals surface area contributed by atoms with Gasteiger partial charge in [0.2, 0.25) is 5.91 Å². The number of thiophene rings is 1. The van der Waals surface area contributed by atoms with Gasteiger partial charge in [-0.15, -0.1) is 11.3 Å². The summed E-state index contributed by atoms with van der Waals surface area (Å²) in [6.07, 6.45) is -2.91. The van der Waals surface area contributed by atoms with Crippen molar-refractivity contribution in [1.29, 1.82) is 0 Å². The predicted molar refractivity (Wildman–Crippen MR) is 83.5 cm³/mol. The van der Waals surface area contributed by atoms with E-state index in [9.17, 15) is 18.0 Å². The number of halogens is 3. The molecule has 2 aromatic rings. The normalized spacial score (nSPS) is 17.5. The Hall–Kier alpha value is -2.47. The fourth-order valence-electron chi connectivity index (χ4n) is 2.11. The number of aromatic nitrogens is 2. The number of fused-ring (bicyclic) bond motifs is 1. The second-order valence-electron chi connectivity index (χ2n) is 5.14. The monoisotopic (exact) mass is 377 g/mol. The zero-order valence-corrected chi connectivity index (χ0v) is 13.5. The van der Waals surface area contributed by atoms with Crippen molar-refractivity contribution in [3.63, 3.8) is 0 Å². The Balaban J connectivity index is 0.000000277. The van der Waals surface area contributed by atoms with E-state index in [-0.39, 0.29) is 11.9 Å². The smallest absolute Gasteiger partial charge is 0.475 e. The number of hydrogen-bond acceptors (Lipinski definition) is 7. The number of hydrogen-bond donors (Lipinski definition) is 3. The van der Waals surface area contributed by atoms with Gasteiger partial charge in [-0.2, -0.15) is 13.2 Å². The second-order valence-corrected chi connectivity index (χ2v) is 6.28. The lowest BCUT2D eigenvalue weighted by atomic mass is 10.3. The molecule has 1 saturated heterocycles. The average Bonchev–Trinajstić information content (AvgIpc) is 3.06. The molecule has 0 bridgehead atoms. The Kier molecular flexibility index (Phi) is 5.42. The molecule has 5 N–H and O–H groups in total. The van der Waals surface area contributed by atoms with Gasteiger partial charge in [0, 0.05) is 11.4 Å². The van der Waals surface area contributed by atoms with Gasteiger partial charge in [0.05, 0.1) is 22.8 Å². The summed E-state index contributed by atoms with van der Waals surface area (Å²) in [6.45, 7) is 1.29. The Morgan fingerprint density at radius 1 is 1.44 bits per heavy atom. The van der Waals surface area contributed by atoms with Crippen molar-refractivity contribution in [2.24, 2.45) is 5.73 Å². The summed E-state index contributed by atoms with van der Waals surface area (Å²) in [5, 5.41) is 7.12. The third-order valence-electron chi connectivity index (χ3n) is 3.32. The van der Waals surface area contributed by atoms with Crippen LogP contribution in [0.4, 0.5) is 19.0 Å². The molecule has 0 aliphatic carbocycles. The fourth-order valence-corrected chi connectivity index (χ4v) is 3.13. The molecule has 8 nitrogen and oxygen atoms in total. The van der Waals surface area contributed by atoms with Gasteiger partial charge in [-0.1, -0.05) is 0 Å². The van der Waals surface area contributed by atoms with Crippen LogP contribution in [0.2, 0.25) is 0 Å². The molecule has 1 aliphatic heterocycles. The number of carboxylic acids is 1. The predicted octanol–water partition coefficient (Wildman–Crippen LogP) is 0.966. The van der Waals surface area contributed by atoms with Gasteiger partial charge in [0.15, 0.2) is 0 Å². The third kappa shape index (κ3) is 4.54. The first kappa shape index (κ1) is 18.9. The first-order valence-corrected chi connectivity index (χ1v) is 7.74. The number of rotatable bonds is 2. The van der Waals surface area contributed by atoms with E-state index in [0.29, 0.717) is 12.4 Å². The minimum atomic E-state index is -5.08. The topological polar surface area (TPSA) is 135 Å². The van der Waals surface area contributed by atoms with Crippen LogP contribution in [0.1, 0.15) is 11.3 Å². The summed E-state index contributed by atoms with van der Waals surface area (Å²) in [7, 11) is 0. The van der Waals surface area contributed by atoms with Gasteiger partial charge in [-0.05, 0) is 12.5 Å². The molecular formula is C13H14F3N5O3S. The Labute approximate surface area is 143 Å². The summed E-state index contributed by atoms with van der Waals surface area (Å²) in [5.41, 5.74) is 12.3.